The Labute approximate surface area is 252 Å². The monoisotopic (exact) mass is 562 g/mol. The van der Waals surface area contributed by atoms with Crippen molar-refractivity contribution in [3.63, 3.8) is 0 Å². The fourth-order valence-electron chi connectivity index (χ4n) is 5.95. The van der Waals surface area contributed by atoms with E-state index in [0.29, 0.717) is 22.9 Å². The van der Waals surface area contributed by atoms with Crippen LogP contribution in [0.2, 0.25) is 0 Å². The number of rotatable bonds is 5. The van der Waals surface area contributed by atoms with E-state index in [2.05, 4.69) is 73.9 Å². The molecule has 2 N–H and O–H groups in total. The van der Waals surface area contributed by atoms with Gasteiger partial charge in [0.15, 0.2) is 5.82 Å². The second-order valence-electron chi connectivity index (χ2n) is 12.4. The number of carbonyl (C=O) groups is 1. The van der Waals surface area contributed by atoms with E-state index in [1.165, 1.54) is 23.1 Å². The molecule has 0 saturated carbocycles. The zero-order valence-corrected chi connectivity index (χ0v) is 24.7. The van der Waals surface area contributed by atoms with Crippen molar-refractivity contribution in [2.75, 3.05) is 10.6 Å². The van der Waals surface area contributed by atoms with Crippen LogP contribution >= 0.6 is 0 Å². The summed E-state index contributed by atoms with van der Waals surface area (Å²) in [5.74, 6) is 1.21. The first-order valence-electron chi connectivity index (χ1n) is 14.9. The van der Waals surface area contributed by atoms with Gasteiger partial charge in [0, 0.05) is 27.9 Å². The zero-order chi connectivity index (χ0) is 29.6. The number of anilines is 3. The van der Waals surface area contributed by atoms with Gasteiger partial charge >= 0.3 is 0 Å². The van der Waals surface area contributed by atoms with Gasteiger partial charge in [-0.05, 0) is 94.6 Å². The standard InChI is InChI=1S/C38H34N4O/c1-38(2,3)28-17-14-26(15-18-28)37(43)40-30-20-21-34-33(23-30)36(39-29-19-16-24-9-6-11-27(24)22-29)42-35(41-34)32-13-7-10-25-8-4-5-12-31(25)32/h4-5,7-8,10,12-23H,6,9,11H2,1-3H3,(H,40,43)(H,39,41,42). The normalized spacial score (nSPS) is 12.8. The quantitative estimate of drug-likeness (QED) is 0.220. The zero-order valence-electron chi connectivity index (χ0n) is 24.7. The number of benzene rings is 5. The van der Waals surface area contributed by atoms with Gasteiger partial charge in [0.1, 0.15) is 5.82 Å². The third kappa shape index (κ3) is 5.35. The number of hydrogen-bond donors (Lipinski definition) is 2. The fourth-order valence-corrected chi connectivity index (χ4v) is 5.95. The third-order valence-corrected chi connectivity index (χ3v) is 8.36. The topological polar surface area (TPSA) is 66.9 Å². The van der Waals surface area contributed by atoms with Crippen LogP contribution in [-0.2, 0) is 18.3 Å². The number of amides is 1. The van der Waals surface area contributed by atoms with E-state index in [4.69, 9.17) is 9.97 Å². The molecule has 7 rings (SSSR count). The summed E-state index contributed by atoms with van der Waals surface area (Å²) in [4.78, 5) is 23.3. The van der Waals surface area contributed by atoms with E-state index in [0.717, 1.165) is 45.8 Å². The molecular weight excluding hydrogens is 528 g/mol. The van der Waals surface area contributed by atoms with E-state index < -0.39 is 0 Å². The highest BCUT2D eigenvalue weighted by Crippen LogP contribution is 2.34. The van der Waals surface area contributed by atoms with Crippen molar-refractivity contribution < 1.29 is 4.79 Å². The third-order valence-electron chi connectivity index (χ3n) is 8.36. The molecule has 0 fully saturated rings. The van der Waals surface area contributed by atoms with Gasteiger partial charge in [-0.2, -0.15) is 0 Å². The highest BCUT2D eigenvalue weighted by Gasteiger charge is 2.17. The van der Waals surface area contributed by atoms with Gasteiger partial charge in [0.25, 0.3) is 5.91 Å². The lowest BCUT2D eigenvalue weighted by Crippen LogP contribution is -2.14. The minimum Gasteiger partial charge on any atom is -0.340 e. The second-order valence-corrected chi connectivity index (χ2v) is 12.4. The van der Waals surface area contributed by atoms with E-state index in [9.17, 15) is 4.79 Å². The molecule has 1 amide bonds. The van der Waals surface area contributed by atoms with Crippen LogP contribution in [0.3, 0.4) is 0 Å². The Bertz CT molecular complexity index is 2000. The van der Waals surface area contributed by atoms with Crippen molar-refractivity contribution in [3.05, 3.63) is 125 Å². The molecule has 1 aromatic heterocycles. The van der Waals surface area contributed by atoms with Crippen molar-refractivity contribution in [3.8, 4) is 11.4 Å². The average Bonchev–Trinajstić information content (AvgIpc) is 3.48. The first-order chi connectivity index (χ1) is 20.8. The average molecular weight is 563 g/mol. The Kier molecular flexibility index (Phi) is 6.66. The van der Waals surface area contributed by atoms with Gasteiger partial charge in [-0.1, -0.05) is 81.4 Å². The van der Waals surface area contributed by atoms with Crippen LogP contribution in [-0.4, -0.2) is 15.9 Å². The predicted molar refractivity (Wildman–Crippen MR) is 177 cm³/mol. The maximum Gasteiger partial charge on any atom is 0.255 e. The van der Waals surface area contributed by atoms with Gasteiger partial charge < -0.3 is 10.6 Å². The molecule has 5 aromatic carbocycles. The van der Waals surface area contributed by atoms with Crippen molar-refractivity contribution in [1.29, 1.82) is 0 Å². The Morgan fingerprint density at radius 2 is 1.49 bits per heavy atom. The smallest absolute Gasteiger partial charge is 0.255 e. The number of aryl methyl sites for hydroxylation is 2. The summed E-state index contributed by atoms with van der Waals surface area (Å²) in [6.07, 6.45) is 3.44. The SMILES string of the molecule is CC(C)(C)c1ccc(C(=O)Nc2ccc3nc(-c4cccc5ccccc45)nc(Nc4ccc5c(c4)CCC5)c3c2)cc1. The van der Waals surface area contributed by atoms with Gasteiger partial charge in [-0.3, -0.25) is 4.79 Å². The Hall–Kier alpha value is -5.03. The van der Waals surface area contributed by atoms with Crippen LogP contribution in [0.15, 0.2) is 103 Å². The Balaban J connectivity index is 1.29. The molecule has 0 unspecified atom stereocenters. The fraction of sp³-hybridized carbons (Fsp3) is 0.184. The maximum atomic E-state index is 13.2. The summed E-state index contributed by atoms with van der Waals surface area (Å²) in [6.45, 7) is 6.50. The summed E-state index contributed by atoms with van der Waals surface area (Å²) >= 11 is 0. The highest BCUT2D eigenvalue weighted by atomic mass is 16.1. The van der Waals surface area contributed by atoms with Gasteiger partial charge in [0.2, 0.25) is 0 Å². The van der Waals surface area contributed by atoms with Crippen LogP contribution in [0.4, 0.5) is 17.2 Å². The van der Waals surface area contributed by atoms with Crippen LogP contribution in [0.5, 0.6) is 0 Å². The number of fused-ring (bicyclic) bond motifs is 3. The predicted octanol–water partition coefficient (Wildman–Crippen LogP) is 9.23. The van der Waals surface area contributed by atoms with Crippen LogP contribution < -0.4 is 10.6 Å². The summed E-state index contributed by atoms with van der Waals surface area (Å²) < 4.78 is 0. The van der Waals surface area contributed by atoms with Crippen LogP contribution in [0.1, 0.15) is 54.2 Å². The molecule has 0 bridgehead atoms. The lowest BCUT2D eigenvalue weighted by atomic mass is 9.87. The Morgan fingerprint density at radius 1 is 0.721 bits per heavy atom. The number of nitrogens with one attached hydrogen (secondary N) is 2. The summed E-state index contributed by atoms with van der Waals surface area (Å²) in [6, 6.07) is 34.8. The second kappa shape index (κ2) is 10.7. The van der Waals surface area contributed by atoms with E-state index in [1.54, 1.807) is 0 Å². The number of aromatic nitrogens is 2. The number of nitrogens with zero attached hydrogens (tertiary/aromatic N) is 2. The number of hydrogen-bond acceptors (Lipinski definition) is 4. The van der Waals surface area contributed by atoms with Crippen molar-refractivity contribution in [2.45, 2.75) is 45.4 Å². The molecular formula is C38H34N4O. The van der Waals surface area contributed by atoms with Crippen molar-refractivity contribution >= 4 is 44.8 Å². The molecule has 6 aromatic rings. The molecule has 0 aliphatic heterocycles. The van der Waals surface area contributed by atoms with Gasteiger partial charge in [-0.25, -0.2) is 9.97 Å². The minimum absolute atomic E-state index is 0.0282. The van der Waals surface area contributed by atoms with E-state index >= 15 is 0 Å². The molecule has 0 spiro atoms. The molecule has 0 radical (unpaired) electrons. The van der Waals surface area contributed by atoms with Crippen LogP contribution in [0, 0.1) is 0 Å². The number of carbonyl (C=O) groups excluding carboxylic acids is 1. The molecule has 43 heavy (non-hydrogen) atoms. The first-order valence-corrected chi connectivity index (χ1v) is 14.9. The van der Waals surface area contributed by atoms with E-state index in [1.807, 2.05) is 60.7 Å². The van der Waals surface area contributed by atoms with Gasteiger partial charge in [0.05, 0.1) is 5.52 Å². The molecule has 0 saturated heterocycles. The summed E-state index contributed by atoms with van der Waals surface area (Å²) in [7, 11) is 0. The highest BCUT2D eigenvalue weighted by molar-refractivity contribution is 6.06. The van der Waals surface area contributed by atoms with Gasteiger partial charge in [-0.15, -0.1) is 0 Å². The molecule has 1 heterocycles. The minimum atomic E-state index is -0.152. The summed E-state index contributed by atoms with van der Waals surface area (Å²) in [5, 5.41) is 9.77. The molecule has 5 nitrogen and oxygen atoms in total. The molecule has 5 heteroatoms. The largest absolute Gasteiger partial charge is 0.340 e. The molecule has 212 valence electrons. The first kappa shape index (κ1) is 26.8. The molecule has 1 aliphatic carbocycles. The lowest BCUT2D eigenvalue weighted by Gasteiger charge is -2.19. The lowest BCUT2D eigenvalue weighted by molar-refractivity contribution is 0.102. The van der Waals surface area contributed by atoms with E-state index in [-0.39, 0.29) is 11.3 Å². The van der Waals surface area contributed by atoms with Crippen molar-refractivity contribution in [2.24, 2.45) is 0 Å². The molecule has 0 atom stereocenters. The van der Waals surface area contributed by atoms with Crippen LogP contribution in [0.25, 0.3) is 33.1 Å². The van der Waals surface area contributed by atoms with Crippen molar-refractivity contribution in [1.82, 2.24) is 9.97 Å². The summed E-state index contributed by atoms with van der Waals surface area (Å²) in [5.41, 5.74) is 8.12. The maximum absolute atomic E-state index is 13.2. The molecule has 1 aliphatic rings. The Morgan fingerprint density at radius 3 is 2.33 bits per heavy atom.